The second-order valence-electron chi connectivity index (χ2n) is 8.27. The Bertz CT molecular complexity index is 1190. The van der Waals surface area contributed by atoms with Crippen LogP contribution in [0.15, 0.2) is 59.4 Å². The minimum Gasteiger partial charge on any atom is -0.458 e. The molecule has 0 saturated carbocycles. The van der Waals surface area contributed by atoms with Crippen molar-refractivity contribution in [2.45, 2.75) is 32.9 Å². The minimum atomic E-state index is -0.835. The zero-order valence-corrected chi connectivity index (χ0v) is 21.4. The highest BCUT2D eigenvalue weighted by molar-refractivity contribution is 6.30. The molecule has 0 bridgehead atoms. The fourth-order valence-corrected chi connectivity index (χ4v) is 3.85. The van der Waals surface area contributed by atoms with Gasteiger partial charge in [-0.3, -0.25) is 0 Å². The quantitative estimate of drug-likeness (QED) is 0.136. The van der Waals surface area contributed by atoms with Gasteiger partial charge in [-0.25, -0.2) is 23.5 Å². The Morgan fingerprint density at radius 3 is 2.56 bits per heavy atom. The first-order valence-electron chi connectivity index (χ1n) is 11.3. The predicted octanol–water partition coefficient (Wildman–Crippen LogP) is 2.12. The number of benzene rings is 1. The van der Waals surface area contributed by atoms with Crippen LogP contribution in [0.2, 0.25) is 5.02 Å². The van der Waals surface area contributed by atoms with E-state index in [1.54, 1.807) is 45.2 Å². The van der Waals surface area contributed by atoms with Gasteiger partial charge < -0.3 is 25.1 Å². The molecule has 12 heteroatoms. The molecule has 1 atom stereocenters. The van der Waals surface area contributed by atoms with E-state index >= 15 is 0 Å². The van der Waals surface area contributed by atoms with E-state index in [2.05, 4.69) is 5.16 Å². The van der Waals surface area contributed by atoms with E-state index in [0.717, 1.165) is 0 Å². The summed E-state index contributed by atoms with van der Waals surface area (Å²) in [5.41, 5.74) is 7.33. The van der Waals surface area contributed by atoms with Crippen LogP contribution in [0.3, 0.4) is 0 Å². The molecule has 1 unspecified atom stereocenters. The molecule has 11 nitrogen and oxygen atoms in total. The van der Waals surface area contributed by atoms with Crippen molar-refractivity contribution in [3.05, 3.63) is 64.8 Å². The van der Waals surface area contributed by atoms with Crippen molar-refractivity contribution in [2.75, 3.05) is 20.2 Å². The van der Waals surface area contributed by atoms with Crippen molar-refractivity contribution >= 4 is 35.4 Å². The standard InChI is InChI=1S/C24H30ClN6O5/c1-5-20(32)36-27-19(26)14-31-22(17-6-8-18(25)9-7-17)21(16(2)29(4)24(31)34)23(33)35-13-12-30-11-10-28(3)15-30/h6-11,15,22H,5,12-14H2,1-4H3,(H2,26,27)/q+1. The largest absolute Gasteiger partial charge is 0.458 e. The van der Waals surface area contributed by atoms with E-state index in [-0.39, 0.29) is 31.0 Å². The van der Waals surface area contributed by atoms with Gasteiger partial charge in [-0.05, 0) is 24.6 Å². The van der Waals surface area contributed by atoms with Crippen molar-refractivity contribution in [3.63, 3.8) is 0 Å². The summed E-state index contributed by atoms with van der Waals surface area (Å²) in [5.74, 6) is -1.24. The molecule has 3 rings (SSSR count). The number of oxime groups is 1. The Morgan fingerprint density at radius 2 is 1.94 bits per heavy atom. The summed E-state index contributed by atoms with van der Waals surface area (Å²) in [6.07, 6.45) is 5.75. The average molecular weight is 518 g/mol. The number of rotatable bonds is 9. The number of ether oxygens (including phenoxy) is 1. The van der Waals surface area contributed by atoms with Crippen molar-refractivity contribution in [3.8, 4) is 0 Å². The number of carbonyl (C=O) groups is 3. The van der Waals surface area contributed by atoms with Gasteiger partial charge in [0.15, 0.2) is 5.84 Å². The molecule has 0 saturated heterocycles. The molecular formula is C24H30ClN6O5+. The lowest BCUT2D eigenvalue weighted by atomic mass is 9.93. The Morgan fingerprint density at radius 1 is 1.25 bits per heavy atom. The van der Waals surface area contributed by atoms with Gasteiger partial charge >= 0.3 is 18.0 Å². The lowest BCUT2D eigenvalue weighted by molar-refractivity contribution is -0.671. The van der Waals surface area contributed by atoms with E-state index in [1.165, 1.54) is 9.80 Å². The summed E-state index contributed by atoms with van der Waals surface area (Å²) in [6.45, 7) is 3.70. The van der Waals surface area contributed by atoms with Crippen LogP contribution in [-0.4, -0.2) is 58.4 Å². The Balaban J connectivity index is 1.93. The SMILES string of the molecule is CCC(=O)O/N=C(\N)CN1C(=O)N(C)C(C)=C(C(=O)OCCn2cc[n+](C)c2)C1c1ccc(Cl)cc1. The zero-order valence-electron chi connectivity index (χ0n) is 20.7. The fraction of sp³-hybridized carbons (Fsp3) is 0.375. The van der Waals surface area contributed by atoms with E-state index < -0.39 is 24.0 Å². The first-order valence-corrected chi connectivity index (χ1v) is 11.7. The molecule has 192 valence electrons. The van der Waals surface area contributed by atoms with Gasteiger partial charge in [0.2, 0.25) is 6.33 Å². The maximum atomic E-state index is 13.4. The maximum Gasteiger partial charge on any atom is 0.338 e. The molecule has 36 heavy (non-hydrogen) atoms. The molecule has 0 aliphatic carbocycles. The van der Waals surface area contributed by atoms with E-state index in [9.17, 15) is 14.4 Å². The van der Waals surface area contributed by atoms with Crippen molar-refractivity contribution in [1.29, 1.82) is 0 Å². The molecular weight excluding hydrogens is 488 g/mol. The highest BCUT2D eigenvalue weighted by Crippen LogP contribution is 2.37. The minimum absolute atomic E-state index is 0.106. The molecule has 0 spiro atoms. The number of hydrogen-bond donors (Lipinski definition) is 1. The first kappa shape index (κ1) is 26.7. The van der Waals surface area contributed by atoms with Crippen LogP contribution in [0.5, 0.6) is 0 Å². The first-order chi connectivity index (χ1) is 17.1. The van der Waals surface area contributed by atoms with E-state index in [4.69, 9.17) is 26.9 Å². The van der Waals surface area contributed by atoms with Crippen LogP contribution >= 0.6 is 11.6 Å². The number of amidine groups is 1. The van der Waals surface area contributed by atoms with E-state index in [0.29, 0.717) is 22.8 Å². The molecule has 1 aliphatic heterocycles. The summed E-state index contributed by atoms with van der Waals surface area (Å²) < 4.78 is 9.40. The van der Waals surface area contributed by atoms with Crippen LogP contribution in [0.25, 0.3) is 0 Å². The number of hydrogen-bond acceptors (Lipinski definition) is 6. The summed E-state index contributed by atoms with van der Waals surface area (Å²) in [7, 11) is 3.45. The Labute approximate surface area is 214 Å². The summed E-state index contributed by atoms with van der Waals surface area (Å²) in [6, 6.07) is 5.54. The number of nitrogens with zero attached hydrogens (tertiary/aromatic N) is 5. The number of aromatic nitrogens is 2. The van der Waals surface area contributed by atoms with Crippen LogP contribution in [-0.2, 0) is 32.8 Å². The number of nitrogens with two attached hydrogens (primary N) is 1. The number of urea groups is 1. The second-order valence-corrected chi connectivity index (χ2v) is 8.71. The Hall–Kier alpha value is -3.86. The number of carbonyl (C=O) groups excluding carboxylic acids is 3. The van der Waals surface area contributed by atoms with Gasteiger partial charge in [0.05, 0.1) is 25.2 Å². The third kappa shape index (κ3) is 6.22. The number of imidazole rings is 1. The molecule has 2 aromatic rings. The van der Waals surface area contributed by atoms with Crippen LogP contribution in [0.1, 0.15) is 31.9 Å². The second kappa shape index (κ2) is 11.7. The topological polar surface area (TPSA) is 123 Å². The monoisotopic (exact) mass is 517 g/mol. The summed E-state index contributed by atoms with van der Waals surface area (Å²) >= 11 is 6.08. The van der Waals surface area contributed by atoms with Crippen LogP contribution < -0.4 is 10.3 Å². The van der Waals surface area contributed by atoms with Crippen molar-refractivity contribution in [1.82, 2.24) is 14.4 Å². The van der Waals surface area contributed by atoms with Gasteiger partial charge in [0, 0.05) is 24.2 Å². The van der Waals surface area contributed by atoms with Gasteiger partial charge in [0.1, 0.15) is 25.5 Å². The molecule has 0 fully saturated rings. The number of allylic oxidation sites excluding steroid dienone is 1. The van der Waals surface area contributed by atoms with Gasteiger partial charge in [-0.15, -0.1) is 0 Å². The Kier molecular flexibility index (Phi) is 8.70. The highest BCUT2D eigenvalue weighted by Gasteiger charge is 2.41. The third-order valence-electron chi connectivity index (χ3n) is 5.71. The summed E-state index contributed by atoms with van der Waals surface area (Å²) in [5, 5.41) is 4.14. The van der Waals surface area contributed by atoms with Gasteiger partial charge in [-0.1, -0.05) is 35.8 Å². The molecule has 1 aliphatic rings. The molecule has 2 heterocycles. The number of amides is 2. The number of aryl methyl sites for hydroxylation is 1. The third-order valence-corrected chi connectivity index (χ3v) is 5.96. The van der Waals surface area contributed by atoms with Crippen molar-refractivity contribution < 1.29 is 28.5 Å². The molecule has 1 aromatic heterocycles. The molecule has 0 radical (unpaired) electrons. The van der Waals surface area contributed by atoms with E-state index in [1.807, 2.05) is 34.9 Å². The number of esters is 1. The molecule has 1 aromatic carbocycles. The molecule has 2 amide bonds. The lowest BCUT2D eigenvalue weighted by Gasteiger charge is -2.41. The zero-order chi connectivity index (χ0) is 26.4. The molecule has 2 N–H and O–H groups in total. The lowest BCUT2D eigenvalue weighted by Crippen LogP contribution is -2.52. The van der Waals surface area contributed by atoms with Crippen LogP contribution in [0.4, 0.5) is 4.79 Å². The van der Waals surface area contributed by atoms with Gasteiger partial charge in [-0.2, -0.15) is 0 Å². The number of halogens is 1. The fourth-order valence-electron chi connectivity index (χ4n) is 3.72. The van der Waals surface area contributed by atoms with Crippen molar-refractivity contribution in [2.24, 2.45) is 17.9 Å². The highest BCUT2D eigenvalue weighted by atomic mass is 35.5. The maximum absolute atomic E-state index is 13.4. The smallest absolute Gasteiger partial charge is 0.338 e. The predicted molar refractivity (Wildman–Crippen MR) is 131 cm³/mol. The average Bonchev–Trinajstić information content (AvgIpc) is 3.27. The summed E-state index contributed by atoms with van der Waals surface area (Å²) in [4.78, 5) is 45.6. The van der Waals surface area contributed by atoms with Crippen LogP contribution in [0, 0.1) is 0 Å². The van der Waals surface area contributed by atoms with Gasteiger partial charge in [0.25, 0.3) is 0 Å². The normalized spacial score (nSPS) is 16.4.